The van der Waals surface area contributed by atoms with E-state index in [2.05, 4.69) is 10.6 Å². The van der Waals surface area contributed by atoms with E-state index >= 15 is 0 Å². The topological polar surface area (TPSA) is 50.4 Å². The fourth-order valence-corrected chi connectivity index (χ4v) is 2.69. The van der Waals surface area contributed by atoms with Gasteiger partial charge in [0.05, 0.1) is 18.5 Å². The number of ether oxygens (including phenoxy) is 1. The van der Waals surface area contributed by atoms with Crippen LogP contribution in [-0.2, 0) is 0 Å². The van der Waals surface area contributed by atoms with Gasteiger partial charge in [-0.3, -0.25) is 0 Å². The molecule has 2 amide bonds. The molecule has 0 saturated heterocycles. The summed E-state index contributed by atoms with van der Waals surface area (Å²) in [5.74, 6) is 0.513. The molecule has 5 heteroatoms. The molecule has 122 valence electrons. The molecule has 24 heavy (non-hydrogen) atoms. The molecule has 0 radical (unpaired) electrons. The Morgan fingerprint density at radius 2 is 1.71 bits per heavy atom. The van der Waals surface area contributed by atoms with Gasteiger partial charge in [-0.1, -0.05) is 48.0 Å². The first-order valence-electron chi connectivity index (χ1n) is 7.48. The van der Waals surface area contributed by atoms with Crippen LogP contribution in [-0.4, -0.2) is 13.1 Å². The van der Waals surface area contributed by atoms with Crippen LogP contribution in [0.3, 0.4) is 0 Å². The van der Waals surface area contributed by atoms with Gasteiger partial charge in [0.1, 0.15) is 5.75 Å². The third-order valence-corrected chi connectivity index (χ3v) is 4.17. The van der Waals surface area contributed by atoms with Crippen LogP contribution in [0.1, 0.15) is 5.56 Å². The summed E-state index contributed by atoms with van der Waals surface area (Å²) in [6.45, 7) is 1.87. The number of amides is 2. The van der Waals surface area contributed by atoms with Crippen LogP contribution >= 0.6 is 11.6 Å². The van der Waals surface area contributed by atoms with E-state index in [9.17, 15) is 4.79 Å². The molecule has 4 nitrogen and oxygen atoms in total. The van der Waals surface area contributed by atoms with Gasteiger partial charge in [0.15, 0.2) is 0 Å². The first-order valence-corrected chi connectivity index (χ1v) is 7.86. The Bertz CT molecular complexity index is 904. The van der Waals surface area contributed by atoms with Gasteiger partial charge in [0.25, 0.3) is 0 Å². The van der Waals surface area contributed by atoms with Crippen molar-refractivity contribution in [2.24, 2.45) is 0 Å². The molecule has 3 aromatic carbocycles. The molecule has 0 aliphatic rings. The summed E-state index contributed by atoms with van der Waals surface area (Å²) >= 11 is 6.09. The molecular formula is C19H17ClN2O2. The predicted octanol–water partition coefficient (Wildman–Crippen LogP) is 5.45. The van der Waals surface area contributed by atoms with E-state index in [1.165, 1.54) is 7.11 Å². The lowest BCUT2D eigenvalue weighted by Gasteiger charge is -2.14. The van der Waals surface area contributed by atoms with Gasteiger partial charge < -0.3 is 15.4 Å². The van der Waals surface area contributed by atoms with Crippen molar-refractivity contribution in [2.75, 3.05) is 17.7 Å². The minimum absolute atomic E-state index is 0.341. The number of hydrogen-bond donors (Lipinski definition) is 2. The van der Waals surface area contributed by atoms with Crippen molar-refractivity contribution in [3.63, 3.8) is 0 Å². The van der Waals surface area contributed by atoms with Gasteiger partial charge in [-0.15, -0.1) is 0 Å². The number of carbonyl (C=O) groups excluding carboxylic acids is 1. The molecule has 0 unspecified atom stereocenters. The Morgan fingerprint density at radius 3 is 2.50 bits per heavy atom. The zero-order valence-electron chi connectivity index (χ0n) is 13.4. The standard InChI is InChI=1S/C19H17ClN2O2/c1-12-10-17(18(24-2)11-15(12)20)22-19(23)21-16-9-5-7-13-6-3-4-8-14(13)16/h3-11H,1-2H3,(H2,21,22,23). The molecule has 3 aromatic rings. The van der Waals surface area contributed by atoms with E-state index < -0.39 is 0 Å². The molecule has 0 aliphatic carbocycles. The second-order valence-electron chi connectivity index (χ2n) is 5.41. The van der Waals surface area contributed by atoms with Crippen molar-refractivity contribution in [3.05, 3.63) is 65.2 Å². The van der Waals surface area contributed by atoms with Crippen LogP contribution in [0.2, 0.25) is 5.02 Å². The van der Waals surface area contributed by atoms with Crippen LogP contribution in [0, 0.1) is 6.92 Å². The lowest BCUT2D eigenvalue weighted by Crippen LogP contribution is -2.20. The van der Waals surface area contributed by atoms with Crippen molar-refractivity contribution < 1.29 is 9.53 Å². The lowest BCUT2D eigenvalue weighted by atomic mass is 10.1. The molecule has 0 fully saturated rings. The van der Waals surface area contributed by atoms with Crippen molar-refractivity contribution in [3.8, 4) is 5.75 Å². The summed E-state index contributed by atoms with van der Waals surface area (Å²) < 4.78 is 5.28. The number of fused-ring (bicyclic) bond motifs is 1. The third-order valence-electron chi connectivity index (χ3n) is 3.77. The molecule has 0 aliphatic heterocycles. The Morgan fingerprint density at radius 1 is 1.00 bits per heavy atom. The monoisotopic (exact) mass is 340 g/mol. The van der Waals surface area contributed by atoms with E-state index in [1.54, 1.807) is 12.1 Å². The maximum atomic E-state index is 12.4. The molecule has 0 saturated carbocycles. The summed E-state index contributed by atoms with van der Waals surface area (Å²) in [4.78, 5) is 12.4. The van der Waals surface area contributed by atoms with Crippen LogP contribution in [0.25, 0.3) is 10.8 Å². The first-order chi connectivity index (χ1) is 11.6. The highest BCUT2D eigenvalue weighted by atomic mass is 35.5. The highest BCUT2D eigenvalue weighted by Crippen LogP contribution is 2.31. The molecule has 3 rings (SSSR count). The van der Waals surface area contributed by atoms with Crippen molar-refractivity contribution >= 4 is 39.8 Å². The van der Waals surface area contributed by atoms with E-state index in [4.69, 9.17) is 16.3 Å². The highest BCUT2D eigenvalue weighted by Gasteiger charge is 2.11. The van der Waals surface area contributed by atoms with Crippen LogP contribution in [0.15, 0.2) is 54.6 Å². The fraction of sp³-hybridized carbons (Fsp3) is 0.105. The summed E-state index contributed by atoms with van der Waals surface area (Å²) in [5.41, 5.74) is 2.17. The van der Waals surface area contributed by atoms with Crippen LogP contribution in [0.4, 0.5) is 16.2 Å². The van der Waals surface area contributed by atoms with E-state index in [0.29, 0.717) is 16.5 Å². The molecule has 0 bridgehead atoms. The second-order valence-corrected chi connectivity index (χ2v) is 5.81. The minimum Gasteiger partial charge on any atom is -0.495 e. The Hall–Kier alpha value is -2.72. The number of methoxy groups -OCH3 is 1. The van der Waals surface area contributed by atoms with Gasteiger partial charge in [-0.25, -0.2) is 4.79 Å². The Labute approximate surface area is 145 Å². The van der Waals surface area contributed by atoms with Gasteiger partial charge in [-0.05, 0) is 30.0 Å². The molecule has 0 heterocycles. The minimum atomic E-state index is -0.341. The zero-order valence-corrected chi connectivity index (χ0v) is 14.1. The molecule has 0 spiro atoms. The van der Waals surface area contributed by atoms with Gasteiger partial charge >= 0.3 is 6.03 Å². The maximum Gasteiger partial charge on any atom is 0.323 e. The number of carbonyl (C=O) groups is 1. The summed E-state index contributed by atoms with van der Waals surface area (Å²) in [5, 5.41) is 8.32. The van der Waals surface area contributed by atoms with Gasteiger partial charge in [0.2, 0.25) is 0 Å². The molecular weight excluding hydrogens is 324 g/mol. The summed E-state index contributed by atoms with van der Waals surface area (Å²) in [6.07, 6.45) is 0. The average molecular weight is 341 g/mol. The first kappa shape index (κ1) is 16.1. The lowest BCUT2D eigenvalue weighted by molar-refractivity contribution is 0.262. The van der Waals surface area contributed by atoms with E-state index in [-0.39, 0.29) is 6.03 Å². The fourth-order valence-electron chi connectivity index (χ4n) is 2.54. The SMILES string of the molecule is COc1cc(Cl)c(C)cc1NC(=O)Nc1cccc2ccccc12. The highest BCUT2D eigenvalue weighted by molar-refractivity contribution is 6.31. The number of nitrogens with one attached hydrogen (secondary N) is 2. The second kappa shape index (κ2) is 6.81. The quantitative estimate of drug-likeness (QED) is 0.665. The molecule has 0 atom stereocenters. The maximum absolute atomic E-state index is 12.4. The van der Waals surface area contributed by atoms with Crippen molar-refractivity contribution in [1.82, 2.24) is 0 Å². The number of hydrogen-bond acceptors (Lipinski definition) is 2. The van der Waals surface area contributed by atoms with E-state index in [1.807, 2.05) is 49.4 Å². The number of urea groups is 1. The van der Waals surface area contributed by atoms with Crippen molar-refractivity contribution in [2.45, 2.75) is 6.92 Å². The summed E-state index contributed by atoms with van der Waals surface area (Å²) in [7, 11) is 1.54. The number of halogens is 1. The normalized spacial score (nSPS) is 10.5. The van der Waals surface area contributed by atoms with Gasteiger partial charge in [-0.2, -0.15) is 0 Å². The van der Waals surface area contributed by atoms with Crippen LogP contribution in [0.5, 0.6) is 5.75 Å². The van der Waals surface area contributed by atoms with Crippen LogP contribution < -0.4 is 15.4 Å². The molecule has 2 N–H and O–H groups in total. The number of anilines is 2. The number of benzene rings is 3. The van der Waals surface area contributed by atoms with Crippen molar-refractivity contribution in [1.29, 1.82) is 0 Å². The van der Waals surface area contributed by atoms with E-state index in [0.717, 1.165) is 22.0 Å². The third kappa shape index (κ3) is 3.29. The average Bonchev–Trinajstić information content (AvgIpc) is 2.58. The Balaban J connectivity index is 1.84. The zero-order chi connectivity index (χ0) is 17.1. The molecule has 0 aromatic heterocycles. The summed E-state index contributed by atoms with van der Waals surface area (Å²) in [6, 6.07) is 16.8. The predicted molar refractivity (Wildman–Crippen MR) is 99.3 cm³/mol. The number of rotatable bonds is 3. The Kier molecular flexibility index (Phi) is 4.58. The smallest absolute Gasteiger partial charge is 0.323 e. The van der Waals surface area contributed by atoms with Gasteiger partial charge in [0, 0.05) is 16.5 Å². The largest absolute Gasteiger partial charge is 0.495 e. The number of aryl methyl sites for hydroxylation is 1.